The van der Waals surface area contributed by atoms with Gasteiger partial charge in [0.05, 0.1) is 4.92 Å². The minimum atomic E-state index is -0.488. The van der Waals surface area contributed by atoms with E-state index >= 15 is 0 Å². The molecule has 112 valence electrons. The zero-order valence-corrected chi connectivity index (χ0v) is 11.6. The molecule has 0 bridgehead atoms. The lowest BCUT2D eigenvalue weighted by molar-refractivity contribution is -0.384. The number of nitro benzene ring substituents is 1. The maximum absolute atomic E-state index is 11.3. The maximum atomic E-state index is 11.3. The fourth-order valence-electron chi connectivity index (χ4n) is 1.60. The van der Waals surface area contributed by atoms with Gasteiger partial charge in [0.2, 0.25) is 0 Å². The molecule has 0 unspecified atom stereocenters. The Morgan fingerprint density at radius 2 is 2.19 bits per heavy atom. The predicted molar refractivity (Wildman–Crippen MR) is 76.2 cm³/mol. The number of aromatic nitrogens is 1. The summed E-state index contributed by atoms with van der Waals surface area (Å²) in [5.74, 6) is 0. The molecule has 2 N–H and O–H groups in total. The number of hydrogen-bond acceptors (Lipinski definition) is 6. The largest absolute Gasteiger partial charge is 0.424 e. The summed E-state index contributed by atoms with van der Waals surface area (Å²) in [6, 6.07) is 4.26. The first-order valence-corrected chi connectivity index (χ1v) is 6.21. The molecule has 9 heteroatoms. The molecule has 0 fully saturated rings. The quantitative estimate of drug-likeness (QED) is 0.489. The number of amides is 2. The van der Waals surface area contributed by atoms with Crippen molar-refractivity contribution in [3.05, 3.63) is 28.3 Å². The van der Waals surface area contributed by atoms with Gasteiger partial charge in [0.1, 0.15) is 5.52 Å². The molecule has 0 radical (unpaired) electrons. The number of fused-ring (bicyclic) bond motifs is 1. The second-order valence-corrected chi connectivity index (χ2v) is 4.48. The predicted octanol–water partition coefficient (Wildman–Crippen LogP) is 1.42. The molecule has 1 heterocycles. The molecule has 0 aliphatic carbocycles. The van der Waals surface area contributed by atoms with Crippen molar-refractivity contribution < 1.29 is 14.1 Å². The number of anilines is 1. The van der Waals surface area contributed by atoms with Gasteiger partial charge in [0.25, 0.3) is 11.7 Å². The van der Waals surface area contributed by atoms with Crippen molar-refractivity contribution in [2.75, 3.05) is 32.5 Å². The minimum absolute atomic E-state index is 0.0411. The van der Waals surface area contributed by atoms with Gasteiger partial charge >= 0.3 is 6.03 Å². The van der Waals surface area contributed by atoms with E-state index in [1.807, 2.05) is 0 Å². The number of nitro groups is 1. The van der Waals surface area contributed by atoms with E-state index in [1.54, 1.807) is 14.1 Å². The number of urea groups is 1. The zero-order valence-electron chi connectivity index (χ0n) is 11.6. The number of benzene rings is 1. The van der Waals surface area contributed by atoms with Gasteiger partial charge < -0.3 is 20.0 Å². The van der Waals surface area contributed by atoms with Crippen LogP contribution in [-0.4, -0.2) is 48.0 Å². The highest BCUT2D eigenvalue weighted by atomic mass is 16.6. The van der Waals surface area contributed by atoms with Gasteiger partial charge in [-0.2, -0.15) is 4.98 Å². The van der Waals surface area contributed by atoms with Gasteiger partial charge in [-0.25, -0.2) is 4.79 Å². The van der Waals surface area contributed by atoms with Crippen LogP contribution in [0.2, 0.25) is 0 Å². The summed E-state index contributed by atoms with van der Waals surface area (Å²) < 4.78 is 5.39. The Balaban J connectivity index is 1.94. The summed E-state index contributed by atoms with van der Waals surface area (Å²) in [7, 11) is 3.30. The lowest BCUT2D eigenvalue weighted by Gasteiger charge is -2.11. The van der Waals surface area contributed by atoms with Crippen LogP contribution in [-0.2, 0) is 0 Å². The topological polar surface area (TPSA) is 114 Å². The lowest BCUT2D eigenvalue weighted by atomic mass is 10.3. The Hall–Kier alpha value is -2.84. The van der Waals surface area contributed by atoms with Crippen LogP contribution in [0.1, 0.15) is 0 Å². The van der Waals surface area contributed by atoms with Gasteiger partial charge in [0.15, 0.2) is 5.58 Å². The van der Waals surface area contributed by atoms with Gasteiger partial charge in [-0.05, 0) is 6.07 Å². The third-order valence-corrected chi connectivity index (χ3v) is 2.67. The first-order chi connectivity index (χ1) is 9.97. The molecular weight excluding hydrogens is 278 g/mol. The highest BCUT2D eigenvalue weighted by Gasteiger charge is 2.11. The number of carbonyl (C=O) groups is 1. The Morgan fingerprint density at radius 3 is 2.86 bits per heavy atom. The molecule has 1 aromatic carbocycles. The number of carbonyl (C=O) groups excluding carboxylic acids is 1. The van der Waals surface area contributed by atoms with E-state index in [0.717, 1.165) is 0 Å². The molecule has 9 nitrogen and oxygen atoms in total. The first kappa shape index (κ1) is 14.6. The second-order valence-electron chi connectivity index (χ2n) is 4.48. The van der Waals surface area contributed by atoms with Crippen molar-refractivity contribution in [2.24, 2.45) is 0 Å². The van der Waals surface area contributed by atoms with Gasteiger partial charge in [-0.1, -0.05) is 0 Å². The monoisotopic (exact) mass is 293 g/mol. The average molecular weight is 293 g/mol. The lowest BCUT2D eigenvalue weighted by Crippen LogP contribution is -2.37. The summed E-state index contributed by atoms with van der Waals surface area (Å²) in [4.78, 5) is 27.0. The average Bonchev–Trinajstić information content (AvgIpc) is 2.84. The summed E-state index contributed by atoms with van der Waals surface area (Å²) in [6.45, 7) is 0.824. The van der Waals surface area contributed by atoms with Crippen molar-refractivity contribution in [2.45, 2.75) is 0 Å². The molecular formula is C12H15N5O4. The summed E-state index contributed by atoms with van der Waals surface area (Å²) in [5, 5.41) is 16.2. The fraction of sp³-hybridized carbons (Fsp3) is 0.333. The Labute approximate surface area is 120 Å². The van der Waals surface area contributed by atoms with Crippen LogP contribution in [0.5, 0.6) is 0 Å². The molecule has 0 aliphatic heterocycles. The maximum Gasteiger partial charge on any atom is 0.316 e. The molecule has 2 aromatic rings. The Bertz CT molecular complexity index is 667. The number of hydrogen-bond donors (Lipinski definition) is 2. The van der Waals surface area contributed by atoms with Crippen LogP contribution in [0.3, 0.4) is 0 Å². The molecule has 0 aliphatic rings. The summed E-state index contributed by atoms with van der Waals surface area (Å²) >= 11 is 0. The standard InChI is InChI=1S/C12H15N5O4/c1-16(2)12(18)14-6-5-13-11-15-9-7-8(17(19)20)3-4-10(9)21-11/h3-4,7H,5-6H2,1-2H3,(H,13,15)(H,14,18). The Kier molecular flexibility index (Phi) is 4.21. The van der Waals surface area contributed by atoms with Crippen molar-refractivity contribution in [3.63, 3.8) is 0 Å². The van der Waals surface area contributed by atoms with Crippen molar-refractivity contribution in [1.29, 1.82) is 0 Å². The molecule has 2 rings (SSSR count). The molecule has 0 spiro atoms. The fourth-order valence-corrected chi connectivity index (χ4v) is 1.60. The third-order valence-electron chi connectivity index (χ3n) is 2.67. The van der Waals surface area contributed by atoms with E-state index in [-0.39, 0.29) is 17.7 Å². The van der Waals surface area contributed by atoms with Crippen molar-refractivity contribution in [3.8, 4) is 0 Å². The van der Waals surface area contributed by atoms with E-state index < -0.39 is 4.92 Å². The van der Waals surface area contributed by atoms with Crippen LogP contribution < -0.4 is 10.6 Å². The third kappa shape index (κ3) is 3.59. The van der Waals surface area contributed by atoms with E-state index in [2.05, 4.69) is 15.6 Å². The Morgan fingerprint density at radius 1 is 1.43 bits per heavy atom. The van der Waals surface area contributed by atoms with Gasteiger partial charge in [0, 0.05) is 39.3 Å². The summed E-state index contributed by atoms with van der Waals surface area (Å²) in [6.07, 6.45) is 0. The van der Waals surface area contributed by atoms with Crippen molar-refractivity contribution in [1.82, 2.24) is 15.2 Å². The molecule has 21 heavy (non-hydrogen) atoms. The number of non-ortho nitro benzene ring substituents is 1. The molecule has 2 amide bonds. The number of nitrogens with zero attached hydrogens (tertiary/aromatic N) is 3. The van der Waals surface area contributed by atoms with Gasteiger partial charge in [-0.3, -0.25) is 10.1 Å². The number of rotatable bonds is 5. The van der Waals surface area contributed by atoms with Crippen molar-refractivity contribution >= 4 is 28.8 Å². The van der Waals surface area contributed by atoms with E-state index in [0.29, 0.717) is 24.2 Å². The van der Waals surface area contributed by atoms with Crippen LogP contribution >= 0.6 is 0 Å². The smallest absolute Gasteiger partial charge is 0.316 e. The second kappa shape index (κ2) is 6.07. The molecule has 1 aromatic heterocycles. The number of nitrogens with one attached hydrogen (secondary N) is 2. The molecule has 0 saturated carbocycles. The highest BCUT2D eigenvalue weighted by molar-refractivity contribution is 5.77. The van der Waals surface area contributed by atoms with E-state index in [4.69, 9.17) is 4.42 Å². The highest BCUT2D eigenvalue weighted by Crippen LogP contribution is 2.23. The SMILES string of the molecule is CN(C)C(=O)NCCNc1nc2cc([N+](=O)[O-])ccc2o1. The molecule has 0 atom stereocenters. The van der Waals surface area contributed by atoms with E-state index in [1.165, 1.54) is 23.1 Å². The van der Waals surface area contributed by atoms with Crippen LogP contribution in [0.4, 0.5) is 16.5 Å². The zero-order chi connectivity index (χ0) is 15.4. The molecule has 0 saturated heterocycles. The first-order valence-electron chi connectivity index (χ1n) is 6.21. The summed E-state index contributed by atoms with van der Waals surface area (Å²) in [5.41, 5.74) is 0.824. The van der Waals surface area contributed by atoms with Crippen LogP contribution in [0, 0.1) is 10.1 Å². The normalized spacial score (nSPS) is 10.4. The number of oxazole rings is 1. The van der Waals surface area contributed by atoms with Crippen LogP contribution in [0.15, 0.2) is 22.6 Å². The van der Waals surface area contributed by atoms with Gasteiger partial charge in [-0.15, -0.1) is 0 Å². The van der Waals surface area contributed by atoms with Crippen LogP contribution in [0.25, 0.3) is 11.1 Å². The van der Waals surface area contributed by atoms with E-state index in [9.17, 15) is 14.9 Å². The minimum Gasteiger partial charge on any atom is -0.424 e.